The van der Waals surface area contributed by atoms with Crippen molar-refractivity contribution in [2.24, 2.45) is 5.73 Å². The maximum Gasteiger partial charge on any atom is 0.119 e. The van der Waals surface area contributed by atoms with Gasteiger partial charge in [-0.2, -0.15) is 0 Å². The molecule has 1 radical (unpaired) electrons. The summed E-state index contributed by atoms with van der Waals surface area (Å²) >= 11 is 0. The quantitative estimate of drug-likeness (QED) is 0.758. The highest BCUT2D eigenvalue weighted by Gasteiger charge is 2.17. The van der Waals surface area contributed by atoms with Gasteiger partial charge in [0, 0.05) is 19.1 Å². The van der Waals surface area contributed by atoms with E-state index in [9.17, 15) is 0 Å². The average Bonchev–Trinajstić information content (AvgIpc) is 2.72. The molecule has 2 N–H and O–H groups in total. The zero-order valence-corrected chi connectivity index (χ0v) is 9.56. The summed E-state index contributed by atoms with van der Waals surface area (Å²) in [6.45, 7) is 4.05. The highest BCUT2D eigenvalue weighted by atomic mass is 16.5. The minimum atomic E-state index is 0.380. The average molecular weight is 219 g/mol. The lowest BCUT2D eigenvalue weighted by Gasteiger charge is -2.14. The molecular weight excluding hydrogens is 200 g/mol. The van der Waals surface area contributed by atoms with E-state index in [1.165, 1.54) is 0 Å². The predicted octanol–water partition coefficient (Wildman–Crippen LogP) is 1.29. The van der Waals surface area contributed by atoms with Crippen LogP contribution < -0.4 is 10.5 Å². The number of nitrogens with two attached hydrogens (primary N) is 1. The number of hydrogen-bond acceptors (Lipinski definition) is 3. The number of likely N-dealkylation sites (tertiary alicyclic amines) is 1. The molecule has 0 spiro atoms. The van der Waals surface area contributed by atoms with E-state index in [-0.39, 0.29) is 0 Å². The normalized spacial score (nSPS) is 21.2. The summed E-state index contributed by atoms with van der Waals surface area (Å²) in [4.78, 5) is 2.41. The van der Waals surface area contributed by atoms with E-state index in [1.807, 2.05) is 24.3 Å². The van der Waals surface area contributed by atoms with Crippen molar-refractivity contribution in [2.45, 2.75) is 18.9 Å². The lowest BCUT2D eigenvalue weighted by molar-refractivity contribution is 0.262. The second kappa shape index (κ2) is 5.87. The topological polar surface area (TPSA) is 38.5 Å². The number of hydrogen-bond donors (Lipinski definition) is 1. The van der Waals surface area contributed by atoms with Gasteiger partial charge < -0.3 is 15.4 Å². The molecule has 0 saturated carbocycles. The van der Waals surface area contributed by atoms with Crippen LogP contribution in [0.4, 0.5) is 0 Å². The summed E-state index contributed by atoms with van der Waals surface area (Å²) in [5.41, 5.74) is 5.84. The summed E-state index contributed by atoms with van der Waals surface area (Å²) in [7, 11) is 0. The molecule has 1 aliphatic heterocycles. The molecule has 1 atom stereocenters. The van der Waals surface area contributed by atoms with Gasteiger partial charge >= 0.3 is 0 Å². The van der Waals surface area contributed by atoms with Gasteiger partial charge in [-0.3, -0.25) is 0 Å². The van der Waals surface area contributed by atoms with Crippen LogP contribution in [-0.4, -0.2) is 37.2 Å². The van der Waals surface area contributed by atoms with E-state index in [4.69, 9.17) is 10.5 Å². The van der Waals surface area contributed by atoms with Crippen LogP contribution in [0.15, 0.2) is 24.3 Å². The van der Waals surface area contributed by atoms with Gasteiger partial charge in [-0.1, -0.05) is 12.1 Å². The third kappa shape index (κ3) is 3.51. The van der Waals surface area contributed by atoms with Crippen molar-refractivity contribution in [1.29, 1.82) is 0 Å². The van der Waals surface area contributed by atoms with Crippen LogP contribution in [0.2, 0.25) is 0 Å². The molecule has 1 saturated heterocycles. The van der Waals surface area contributed by atoms with Crippen molar-refractivity contribution in [3.63, 3.8) is 0 Å². The highest BCUT2D eigenvalue weighted by Crippen LogP contribution is 2.10. The van der Waals surface area contributed by atoms with Crippen molar-refractivity contribution in [2.75, 3.05) is 26.2 Å². The minimum Gasteiger partial charge on any atom is -0.494 e. The largest absolute Gasteiger partial charge is 0.494 e. The van der Waals surface area contributed by atoms with Gasteiger partial charge in [0.25, 0.3) is 0 Å². The predicted molar refractivity (Wildman–Crippen MR) is 64.4 cm³/mol. The molecule has 0 amide bonds. The maximum atomic E-state index is 5.84. The fourth-order valence-corrected chi connectivity index (χ4v) is 2.01. The molecule has 0 aromatic heterocycles. The van der Waals surface area contributed by atoms with Crippen molar-refractivity contribution < 1.29 is 4.74 Å². The summed E-state index contributed by atoms with van der Waals surface area (Å²) in [6, 6.07) is 11.0. The van der Waals surface area contributed by atoms with E-state index >= 15 is 0 Å². The zero-order valence-electron chi connectivity index (χ0n) is 9.56. The molecule has 1 aromatic carbocycles. The molecule has 0 aliphatic carbocycles. The van der Waals surface area contributed by atoms with Gasteiger partial charge in [0.2, 0.25) is 0 Å². The lowest BCUT2D eigenvalue weighted by Crippen LogP contribution is -2.28. The Morgan fingerprint density at radius 2 is 2.25 bits per heavy atom. The van der Waals surface area contributed by atoms with Crippen molar-refractivity contribution in [3.8, 4) is 5.75 Å². The monoisotopic (exact) mass is 219 g/mol. The Bertz CT molecular complexity index is 302. The van der Waals surface area contributed by atoms with Gasteiger partial charge in [0.15, 0.2) is 0 Å². The van der Waals surface area contributed by atoms with Crippen molar-refractivity contribution in [3.05, 3.63) is 30.3 Å². The number of rotatable bonds is 5. The van der Waals surface area contributed by atoms with Crippen LogP contribution in [0.3, 0.4) is 0 Å². The van der Waals surface area contributed by atoms with E-state index in [1.54, 1.807) is 0 Å². The first kappa shape index (κ1) is 11.4. The molecule has 1 fully saturated rings. The van der Waals surface area contributed by atoms with Crippen LogP contribution in [-0.2, 0) is 0 Å². The molecule has 0 bridgehead atoms. The Labute approximate surface area is 97.2 Å². The fraction of sp³-hybridized carbons (Fsp3) is 0.538. The SMILES string of the molecule is N[C@@H]1CCN(CCCOc2cc[c]cc2)C1. The number of benzene rings is 1. The summed E-state index contributed by atoms with van der Waals surface area (Å²) in [6.07, 6.45) is 2.20. The second-order valence-corrected chi connectivity index (χ2v) is 4.29. The van der Waals surface area contributed by atoms with Gasteiger partial charge in [0.1, 0.15) is 5.75 Å². The summed E-state index contributed by atoms with van der Waals surface area (Å²) < 4.78 is 5.61. The number of nitrogens with zero attached hydrogens (tertiary/aromatic N) is 1. The first-order chi connectivity index (χ1) is 7.84. The van der Waals surface area contributed by atoms with E-state index < -0.39 is 0 Å². The first-order valence-corrected chi connectivity index (χ1v) is 5.91. The van der Waals surface area contributed by atoms with E-state index in [2.05, 4.69) is 11.0 Å². The molecule has 1 aromatic rings. The fourth-order valence-electron chi connectivity index (χ4n) is 2.01. The Kier molecular flexibility index (Phi) is 4.19. The Morgan fingerprint density at radius 1 is 1.44 bits per heavy atom. The Morgan fingerprint density at radius 3 is 2.94 bits per heavy atom. The molecule has 87 valence electrons. The third-order valence-corrected chi connectivity index (χ3v) is 2.88. The Hall–Kier alpha value is -1.06. The summed E-state index contributed by atoms with van der Waals surface area (Å²) in [5, 5.41) is 0. The second-order valence-electron chi connectivity index (χ2n) is 4.29. The molecule has 1 aliphatic rings. The smallest absolute Gasteiger partial charge is 0.119 e. The van der Waals surface area contributed by atoms with Crippen LogP contribution in [0, 0.1) is 6.07 Å². The number of ether oxygens (including phenoxy) is 1. The molecule has 2 rings (SSSR count). The van der Waals surface area contributed by atoms with Crippen LogP contribution in [0.5, 0.6) is 5.75 Å². The molecule has 3 nitrogen and oxygen atoms in total. The van der Waals surface area contributed by atoms with Crippen LogP contribution >= 0.6 is 0 Å². The van der Waals surface area contributed by atoms with E-state index in [0.29, 0.717) is 6.04 Å². The Balaban J connectivity index is 1.59. The van der Waals surface area contributed by atoms with E-state index in [0.717, 1.165) is 44.8 Å². The highest BCUT2D eigenvalue weighted by molar-refractivity contribution is 5.20. The molecular formula is C13H19N2O. The molecule has 3 heteroatoms. The molecule has 0 unspecified atom stereocenters. The minimum absolute atomic E-state index is 0.380. The van der Waals surface area contributed by atoms with Gasteiger partial charge in [-0.25, -0.2) is 0 Å². The van der Waals surface area contributed by atoms with Gasteiger partial charge in [-0.15, -0.1) is 0 Å². The van der Waals surface area contributed by atoms with Crippen molar-refractivity contribution in [1.82, 2.24) is 4.90 Å². The van der Waals surface area contributed by atoms with Crippen LogP contribution in [0.25, 0.3) is 0 Å². The lowest BCUT2D eigenvalue weighted by atomic mass is 10.3. The van der Waals surface area contributed by atoms with Crippen LogP contribution in [0.1, 0.15) is 12.8 Å². The van der Waals surface area contributed by atoms with Crippen molar-refractivity contribution >= 4 is 0 Å². The standard InChI is InChI=1S/C13H19N2O/c14-12-7-9-15(11-12)8-4-10-16-13-5-2-1-3-6-13/h2-3,5-6,12H,4,7-11,14H2/t12-/m1/s1. The first-order valence-electron chi connectivity index (χ1n) is 5.91. The third-order valence-electron chi connectivity index (χ3n) is 2.88. The zero-order chi connectivity index (χ0) is 11.2. The van der Waals surface area contributed by atoms with Gasteiger partial charge in [0.05, 0.1) is 6.61 Å². The summed E-state index contributed by atoms with van der Waals surface area (Å²) in [5.74, 6) is 0.928. The maximum absolute atomic E-state index is 5.84. The molecule has 1 heterocycles. The van der Waals surface area contributed by atoms with Gasteiger partial charge in [-0.05, 0) is 37.6 Å². The molecule has 16 heavy (non-hydrogen) atoms.